The molecule has 10 N–H and O–H groups in total. The summed E-state index contributed by atoms with van der Waals surface area (Å²) in [6.45, 7) is 1.24. The van der Waals surface area contributed by atoms with E-state index in [9.17, 15) is 34.2 Å². The second kappa shape index (κ2) is 14.8. The molecule has 3 aromatic rings. The summed E-state index contributed by atoms with van der Waals surface area (Å²) in [5.74, 6) is -4.55. The van der Waals surface area contributed by atoms with Gasteiger partial charge < -0.3 is 42.6 Å². The van der Waals surface area contributed by atoms with Crippen molar-refractivity contribution >= 4 is 40.5 Å². The fourth-order valence-electron chi connectivity index (χ4n) is 4.43. The zero-order valence-corrected chi connectivity index (χ0v) is 23.1. The molecule has 42 heavy (non-hydrogen) atoms. The Morgan fingerprint density at radius 2 is 1.50 bits per heavy atom. The van der Waals surface area contributed by atoms with E-state index in [4.69, 9.17) is 11.5 Å². The smallest absolute Gasteiger partial charge is 0.326 e. The van der Waals surface area contributed by atoms with Gasteiger partial charge in [0.25, 0.3) is 0 Å². The molecular formula is C29H36N6O7. The van der Waals surface area contributed by atoms with Crippen LogP contribution in [0.5, 0.6) is 0 Å². The molecule has 1 aromatic heterocycles. The van der Waals surface area contributed by atoms with Gasteiger partial charge in [0.15, 0.2) is 0 Å². The number of benzene rings is 2. The number of hydrogen-bond donors (Lipinski definition) is 8. The van der Waals surface area contributed by atoms with Crippen molar-refractivity contribution in [2.24, 2.45) is 11.5 Å². The van der Waals surface area contributed by atoms with Crippen molar-refractivity contribution in [1.29, 1.82) is 0 Å². The number of fused-ring (bicyclic) bond motifs is 1. The van der Waals surface area contributed by atoms with Crippen LogP contribution in [-0.4, -0.2) is 75.1 Å². The van der Waals surface area contributed by atoms with Crippen LogP contribution < -0.4 is 27.4 Å². The first-order chi connectivity index (χ1) is 20.0. The number of aliphatic hydroxyl groups excluding tert-OH is 1. The van der Waals surface area contributed by atoms with E-state index in [1.54, 1.807) is 36.5 Å². The molecule has 13 heteroatoms. The maximum Gasteiger partial charge on any atom is 0.326 e. The highest BCUT2D eigenvalue weighted by Crippen LogP contribution is 2.19. The second-order valence-corrected chi connectivity index (χ2v) is 10.1. The van der Waals surface area contributed by atoms with Gasteiger partial charge in [-0.3, -0.25) is 19.2 Å². The fraction of sp³-hybridized carbons (Fsp3) is 0.345. The van der Waals surface area contributed by atoms with Crippen molar-refractivity contribution < 1.29 is 34.2 Å². The zero-order valence-electron chi connectivity index (χ0n) is 23.1. The van der Waals surface area contributed by atoms with Crippen molar-refractivity contribution in [3.63, 3.8) is 0 Å². The Balaban J connectivity index is 1.69. The maximum atomic E-state index is 13.2. The van der Waals surface area contributed by atoms with Gasteiger partial charge in [-0.25, -0.2) is 4.79 Å². The molecule has 2 aromatic carbocycles. The van der Waals surface area contributed by atoms with E-state index < -0.39 is 59.9 Å². The molecule has 3 rings (SSSR count). The van der Waals surface area contributed by atoms with Crippen LogP contribution in [0.25, 0.3) is 10.9 Å². The number of carbonyl (C=O) groups excluding carboxylic acids is 4. The molecule has 0 aliphatic carbocycles. The standard InChI is InChI=1S/C29H36N6O7/c1-16(36)25(28(40)34-23(29(41)42)13-17-7-3-2-4-8-17)35-27(39)22(11-12-24(31)37)33-26(38)20(30)14-18-15-32-21-10-6-5-9-19(18)21/h2-10,15-16,20,22-23,25,32,36H,11-14,30H2,1H3,(H2,31,37)(H,33,38)(H,34,40)(H,35,39)(H,41,42). The largest absolute Gasteiger partial charge is 0.480 e. The summed E-state index contributed by atoms with van der Waals surface area (Å²) >= 11 is 0. The van der Waals surface area contributed by atoms with Gasteiger partial charge in [0.2, 0.25) is 23.6 Å². The molecule has 5 atom stereocenters. The Morgan fingerprint density at radius 3 is 2.14 bits per heavy atom. The second-order valence-electron chi connectivity index (χ2n) is 10.1. The number of rotatable bonds is 15. The van der Waals surface area contributed by atoms with Gasteiger partial charge in [0, 0.05) is 29.9 Å². The van der Waals surface area contributed by atoms with Crippen LogP contribution in [0.15, 0.2) is 60.8 Å². The molecule has 0 saturated carbocycles. The van der Waals surface area contributed by atoms with Crippen molar-refractivity contribution in [3.05, 3.63) is 71.9 Å². The van der Waals surface area contributed by atoms with Crippen molar-refractivity contribution in [1.82, 2.24) is 20.9 Å². The van der Waals surface area contributed by atoms with Gasteiger partial charge in [-0.05, 0) is 37.0 Å². The number of amides is 4. The summed E-state index contributed by atoms with van der Waals surface area (Å²) < 4.78 is 0. The van der Waals surface area contributed by atoms with Gasteiger partial charge in [0.1, 0.15) is 18.1 Å². The lowest BCUT2D eigenvalue weighted by Gasteiger charge is -2.26. The van der Waals surface area contributed by atoms with Crippen LogP contribution >= 0.6 is 0 Å². The summed E-state index contributed by atoms with van der Waals surface area (Å²) in [7, 11) is 0. The molecule has 224 valence electrons. The molecular weight excluding hydrogens is 544 g/mol. The molecule has 0 radical (unpaired) electrons. The quantitative estimate of drug-likeness (QED) is 0.116. The normalized spacial score (nSPS) is 14.6. The third-order valence-corrected chi connectivity index (χ3v) is 6.72. The average Bonchev–Trinajstić information content (AvgIpc) is 3.36. The molecule has 1 heterocycles. The Labute approximate surface area is 242 Å². The number of aromatic amines is 1. The van der Waals surface area contributed by atoms with E-state index in [0.29, 0.717) is 5.56 Å². The number of aromatic nitrogens is 1. The van der Waals surface area contributed by atoms with Crippen LogP contribution in [0.3, 0.4) is 0 Å². The van der Waals surface area contributed by atoms with Crippen molar-refractivity contribution in [2.75, 3.05) is 0 Å². The van der Waals surface area contributed by atoms with E-state index >= 15 is 0 Å². The number of hydrogen-bond acceptors (Lipinski definition) is 7. The molecule has 0 saturated heterocycles. The topological polar surface area (TPSA) is 230 Å². The number of aliphatic carboxylic acids is 1. The fourth-order valence-corrected chi connectivity index (χ4v) is 4.43. The number of carboxylic acids is 1. The minimum atomic E-state index is -1.57. The lowest BCUT2D eigenvalue weighted by molar-refractivity contribution is -0.143. The number of carboxylic acid groups (broad SMARTS) is 1. The third-order valence-electron chi connectivity index (χ3n) is 6.72. The van der Waals surface area contributed by atoms with Gasteiger partial charge in [-0.1, -0.05) is 48.5 Å². The van der Waals surface area contributed by atoms with Gasteiger partial charge in [0.05, 0.1) is 12.1 Å². The maximum absolute atomic E-state index is 13.2. The number of nitrogens with one attached hydrogen (secondary N) is 4. The lowest BCUT2D eigenvalue weighted by atomic mass is 10.0. The van der Waals surface area contributed by atoms with Crippen molar-refractivity contribution in [2.45, 2.75) is 62.9 Å². The van der Waals surface area contributed by atoms with E-state index in [2.05, 4.69) is 20.9 Å². The minimum Gasteiger partial charge on any atom is -0.480 e. The highest BCUT2D eigenvalue weighted by atomic mass is 16.4. The first-order valence-electron chi connectivity index (χ1n) is 13.4. The predicted molar refractivity (Wildman–Crippen MR) is 154 cm³/mol. The first-order valence-corrected chi connectivity index (χ1v) is 13.4. The number of H-pyrrole nitrogens is 1. The van der Waals surface area contributed by atoms with Crippen LogP contribution in [0.1, 0.15) is 30.9 Å². The van der Waals surface area contributed by atoms with Gasteiger partial charge in [-0.15, -0.1) is 0 Å². The van der Waals surface area contributed by atoms with Crippen LogP contribution in [0, 0.1) is 0 Å². The molecule has 0 aliphatic rings. The van der Waals surface area contributed by atoms with Crippen molar-refractivity contribution in [3.8, 4) is 0 Å². The molecule has 0 aliphatic heterocycles. The third kappa shape index (κ3) is 8.88. The van der Waals surface area contributed by atoms with Gasteiger partial charge >= 0.3 is 5.97 Å². The van der Waals surface area contributed by atoms with Crippen LogP contribution in [0.2, 0.25) is 0 Å². The van der Waals surface area contributed by atoms with Gasteiger partial charge in [-0.2, -0.15) is 0 Å². The number of primary amides is 1. The molecule has 13 nitrogen and oxygen atoms in total. The van der Waals surface area contributed by atoms with E-state index in [0.717, 1.165) is 16.5 Å². The first kappa shape index (κ1) is 31.8. The summed E-state index contributed by atoms with van der Waals surface area (Å²) in [4.78, 5) is 65.5. The summed E-state index contributed by atoms with van der Waals surface area (Å²) in [6, 6.07) is 10.8. The van der Waals surface area contributed by atoms with E-state index in [-0.39, 0.29) is 25.7 Å². The molecule has 4 amide bonds. The molecule has 0 bridgehead atoms. The van der Waals surface area contributed by atoms with E-state index in [1.807, 2.05) is 24.3 Å². The highest BCUT2D eigenvalue weighted by Gasteiger charge is 2.33. The Hall–Kier alpha value is -4.75. The predicted octanol–water partition coefficient (Wildman–Crippen LogP) is -0.534. The zero-order chi connectivity index (χ0) is 30.8. The van der Waals surface area contributed by atoms with Crippen LogP contribution in [0.4, 0.5) is 0 Å². The molecule has 0 spiro atoms. The highest BCUT2D eigenvalue weighted by molar-refractivity contribution is 5.95. The number of nitrogens with two attached hydrogens (primary N) is 2. The molecule has 5 unspecified atom stereocenters. The lowest BCUT2D eigenvalue weighted by Crippen LogP contribution is -2.60. The minimum absolute atomic E-state index is 0.0337. The summed E-state index contributed by atoms with van der Waals surface area (Å²) in [5, 5.41) is 28.0. The van der Waals surface area contributed by atoms with Crippen LogP contribution in [-0.2, 0) is 36.8 Å². The Bertz CT molecular complexity index is 1410. The Morgan fingerprint density at radius 1 is 0.857 bits per heavy atom. The summed E-state index contributed by atoms with van der Waals surface area (Å²) in [5.41, 5.74) is 13.7. The van der Waals surface area contributed by atoms with E-state index in [1.165, 1.54) is 6.92 Å². The Kier molecular flexibility index (Phi) is 11.2. The number of para-hydroxylation sites is 1. The molecule has 0 fully saturated rings. The number of aliphatic hydroxyl groups is 1. The summed E-state index contributed by atoms with van der Waals surface area (Å²) in [6.07, 6.45) is -0.0445. The number of carbonyl (C=O) groups is 5. The average molecular weight is 581 g/mol. The monoisotopic (exact) mass is 580 g/mol. The SMILES string of the molecule is CC(O)C(NC(=O)C(CCC(N)=O)NC(=O)C(N)Cc1c[nH]c2ccccc12)C(=O)NC(Cc1ccccc1)C(=O)O.